The van der Waals surface area contributed by atoms with Crippen LogP contribution in [0.3, 0.4) is 0 Å². The quantitative estimate of drug-likeness (QED) is 0.481. The van der Waals surface area contributed by atoms with Crippen molar-refractivity contribution < 1.29 is 26.3 Å². The molecule has 8 heteroatoms. The number of benzene rings is 2. The summed E-state index contributed by atoms with van der Waals surface area (Å²) in [4.78, 5) is 0.444. The average molecular weight is 335 g/mol. The van der Waals surface area contributed by atoms with E-state index in [9.17, 15) is 26.3 Å². The van der Waals surface area contributed by atoms with Gasteiger partial charge in [0.2, 0.25) is 0 Å². The fraction of sp³-hybridized carbons (Fsp3) is 0.143. The van der Waals surface area contributed by atoms with E-state index in [1.54, 1.807) is 0 Å². The maximum absolute atomic E-state index is 12.8. The highest BCUT2D eigenvalue weighted by Crippen LogP contribution is 2.46. The maximum atomic E-state index is 12.8. The van der Waals surface area contributed by atoms with Gasteiger partial charge in [-0.05, 0) is 53.9 Å². The van der Waals surface area contributed by atoms with E-state index in [0.29, 0.717) is 10.6 Å². The first-order valence-electron chi connectivity index (χ1n) is 6.02. The number of rotatable bonds is 0. The van der Waals surface area contributed by atoms with E-state index in [1.165, 1.54) is 12.1 Å². The fourth-order valence-corrected chi connectivity index (χ4v) is 2.96. The van der Waals surface area contributed by atoms with Gasteiger partial charge in [0.25, 0.3) is 0 Å². The van der Waals surface area contributed by atoms with Crippen LogP contribution in [0, 0.1) is 0 Å². The van der Waals surface area contributed by atoms with Crippen LogP contribution in [-0.2, 0) is 12.4 Å². The Kier molecular flexibility index (Phi) is 3.32. The molecule has 0 saturated carbocycles. The van der Waals surface area contributed by atoms with Crippen LogP contribution in [0.5, 0.6) is 0 Å². The van der Waals surface area contributed by atoms with Gasteiger partial charge < -0.3 is 4.72 Å². The van der Waals surface area contributed by atoms with Gasteiger partial charge in [0.15, 0.2) is 0 Å². The zero-order chi connectivity index (χ0) is 16.1. The smallest absolute Gasteiger partial charge is 0.325 e. The van der Waals surface area contributed by atoms with Gasteiger partial charge in [0.1, 0.15) is 0 Å². The van der Waals surface area contributed by atoms with E-state index in [-0.39, 0.29) is 11.1 Å². The van der Waals surface area contributed by atoms with Crippen molar-refractivity contribution in [3.63, 3.8) is 0 Å². The molecule has 1 aliphatic rings. The molecule has 22 heavy (non-hydrogen) atoms. The zero-order valence-corrected chi connectivity index (χ0v) is 11.5. The Bertz CT molecular complexity index is 672. The topological polar surface area (TPSA) is 12.0 Å². The SMILES string of the molecule is FC(F)(F)c1ccc2c(c1)-c1cc(C(F)(F)F)ccc1SN2. The highest BCUT2D eigenvalue weighted by molar-refractivity contribution is 8.00. The molecule has 1 heterocycles. The third kappa shape index (κ3) is 2.63. The number of hydrogen-bond donors (Lipinski definition) is 1. The molecular formula is C14H7F6NS. The van der Waals surface area contributed by atoms with Crippen LogP contribution >= 0.6 is 11.9 Å². The minimum Gasteiger partial charge on any atom is -0.325 e. The minimum atomic E-state index is -4.55. The summed E-state index contributed by atoms with van der Waals surface area (Å²) in [5, 5.41) is 0. The van der Waals surface area contributed by atoms with Crippen LogP contribution < -0.4 is 4.72 Å². The van der Waals surface area contributed by atoms with E-state index in [1.807, 2.05) is 0 Å². The molecule has 0 fully saturated rings. The predicted octanol–water partition coefficient (Wildman–Crippen LogP) is 5.82. The van der Waals surface area contributed by atoms with E-state index in [0.717, 1.165) is 36.2 Å². The lowest BCUT2D eigenvalue weighted by molar-refractivity contribution is -0.138. The van der Waals surface area contributed by atoms with Crippen LogP contribution in [0.4, 0.5) is 32.0 Å². The number of halogens is 6. The summed E-state index contributed by atoms with van der Waals surface area (Å²) < 4.78 is 79.6. The number of nitrogens with one attached hydrogen (secondary N) is 1. The Hall–Kier alpha value is -1.83. The van der Waals surface area contributed by atoms with Gasteiger partial charge in [0, 0.05) is 10.5 Å². The third-order valence-corrected chi connectivity index (χ3v) is 4.11. The lowest BCUT2D eigenvalue weighted by Crippen LogP contribution is -2.09. The lowest BCUT2D eigenvalue weighted by atomic mass is 9.98. The monoisotopic (exact) mass is 335 g/mol. The van der Waals surface area contributed by atoms with Crippen LogP contribution in [0.15, 0.2) is 41.3 Å². The van der Waals surface area contributed by atoms with Gasteiger partial charge in [-0.2, -0.15) is 26.3 Å². The minimum absolute atomic E-state index is 0.106. The van der Waals surface area contributed by atoms with Crippen molar-refractivity contribution in [1.82, 2.24) is 0 Å². The molecule has 0 aromatic heterocycles. The van der Waals surface area contributed by atoms with Crippen molar-refractivity contribution in [1.29, 1.82) is 0 Å². The van der Waals surface area contributed by atoms with E-state index in [4.69, 9.17) is 0 Å². The summed E-state index contributed by atoms with van der Waals surface area (Å²) in [5.41, 5.74) is -1.19. The van der Waals surface area contributed by atoms with E-state index < -0.39 is 23.5 Å². The van der Waals surface area contributed by atoms with Crippen molar-refractivity contribution in [2.45, 2.75) is 17.2 Å². The Morgan fingerprint density at radius 3 is 1.86 bits per heavy atom. The normalized spacial score (nSPS) is 14.1. The van der Waals surface area contributed by atoms with Crippen molar-refractivity contribution in [3.8, 4) is 11.1 Å². The number of fused-ring (bicyclic) bond motifs is 3. The van der Waals surface area contributed by atoms with Gasteiger partial charge in [-0.1, -0.05) is 0 Å². The predicted molar refractivity (Wildman–Crippen MR) is 71.4 cm³/mol. The van der Waals surface area contributed by atoms with Gasteiger partial charge >= 0.3 is 12.4 Å². The van der Waals surface area contributed by atoms with Crippen molar-refractivity contribution in [3.05, 3.63) is 47.5 Å². The second-order valence-corrected chi connectivity index (χ2v) is 5.52. The molecule has 0 spiro atoms. The molecule has 0 amide bonds. The lowest BCUT2D eigenvalue weighted by Gasteiger charge is -2.22. The molecule has 2 aromatic rings. The molecule has 0 radical (unpaired) electrons. The fourth-order valence-electron chi connectivity index (χ4n) is 2.15. The summed E-state index contributed by atoms with van der Waals surface area (Å²) in [6.45, 7) is 0. The number of alkyl halides is 6. The molecule has 0 unspecified atom stereocenters. The van der Waals surface area contributed by atoms with E-state index in [2.05, 4.69) is 4.72 Å². The van der Waals surface area contributed by atoms with Crippen LogP contribution in [0.2, 0.25) is 0 Å². The molecule has 1 N–H and O–H groups in total. The molecule has 1 aliphatic heterocycles. The van der Waals surface area contributed by atoms with Gasteiger partial charge in [0.05, 0.1) is 16.8 Å². The first-order valence-corrected chi connectivity index (χ1v) is 6.83. The van der Waals surface area contributed by atoms with Crippen molar-refractivity contribution in [2.24, 2.45) is 0 Å². The average Bonchev–Trinajstić information content (AvgIpc) is 2.44. The first kappa shape index (κ1) is 15.1. The largest absolute Gasteiger partial charge is 0.416 e. The van der Waals surface area contributed by atoms with Crippen molar-refractivity contribution in [2.75, 3.05) is 4.72 Å². The molecule has 0 bridgehead atoms. The molecule has 0 aliphatic carbocycles. The molecule has 0 saturated heterocycles. The molecule has 0 atom stereocenters. The Labute approximate surface area is 125 Å². The van der Waals surface area contributed by atoms with Gasteiger partial charge in [-0.25, -0.2) is 0 Å². The number of anilines is 1. The molecular weight excluding hydrogens is 328 g/mol. The number of hydrogen-bond acceptors (Lipinski definition) is 2. The maximum Gasteiger partial charge on any atom is 0.416 e. The van der Waals surface area contributed by atoms with Crippen LogP contribution in [0.25, 0.3) is 11.1 Å². The third-order valence-electron chi connectivity index (χ3n) is 3.21. The standard InChI is InChI=1S/C14H7F6NS/c15-13(16,17)7-1-3-11-9(5-7)10-6-8(14(18,19)20)2-4-12(10)22-21-11/h1-6,21H. The second kappa shape index (κ2) is 4.84. The summed E-state index contributed by atoms with van der Waals surface area (Å²) >= 11 is 1.07. The van der Waals surface area contributed by atoms with Crippen molar-refractivity contribution >= 4 is 17.6 Å². The molecule has 116 valence electrons. The Balaban J connectivity index is 2.18. The van der Waals surface area contributed by atoms with Crippen LogP contribution in [0.1, 0.15) is 11.1 Å². The van der Waals surface area contributed by atoms with E-state index >= 15 is 0 Å². The highest BCUT2D eigenvalue weighted by atomic mass is 32.2. The first-order chi connectivity index (χ1) is 10.2. The summed E-state index contributed by atoms with van der Waals surface area (Å²) in [6, 6.07) is 6.01. The highest BCUT2D eigenvalue weighted by Gasteiger charge is 2.34. The Morgan fingerprint density at radius 1 is 0.727 bits per heavy atom. The molecule has 3 rings (SSSR count). The molecule has 2 aromatic carbocycles. The molecule has 1 nitrogen and oxygen atoms in total. The zero-order valence-electron chi connectivity index (χ0n) is 10.6. The summed E-state index contributed by atoms with van der Waals surface area (Å²) in [7, 11) is 0. The summed E-state index contributed by atoms with van der Waals surface area (Å²) in [6.07, 6.45) is -9.10. The summed E-state index contributed by atoms with van der Waals surface area (Å²) in [5.74, 6) is 0. The second-order valence-electron chi connectivity index (χ2n) is 4.67. The van der Waals surface area contributed by atoms with Gasteiger partial charge in [-0.15, -0.1) is 0 Å². The Morgan fingerprint density at radius 2 is 1.27 bits per heavy atom. The van der Waals surface area contributed by atoms with Crippen LogP contribution in [-0.4, -0.2) is 0 Å². The van der Waals surface area contributed by atoms with Gasteiger partial charge in [-0.3, -0.25) is 0 Å².